The standard InChI is InChI=1S/C22H20F2IN5O/c23-14-5-7-15(8-6-14)26-21-25-13-19-20(29-21)30(16-9-11-31-12-10-16)22(28-19)27-18-4-2-1-3-17(18)24/h1-8,13,16H,9-12H2,(H,26,29)(H,27,28). The summed E-state index contributed by atoms with van der Waals surface area (Å²) in [5, 5.41) is 7.27. The zero-order valence-corrected chi connectivity index (χ0v) is 18.6. The molecule has 3 aromatic rings. The van der Waals surface area contributed by atoms with Gasteiger partial charge < -0.3 is 15.4 Å². The average Bonchev–Trinajstić information content (AvgIpc) is 3.15. The molecule has 0 aliphatic carbocycles. The summed E-state index contributed by atoms with van der Waals surface area (Å²) in [5.41, 5.74) is 1.92. The molecular formula is C22H20F2IN5O. The lowest BCUT2D eigenvalue weighted by Gasteiger charge is -2.25. The minimum atomic E-state index is -0.541. The van der Waals surface area contributed by atoms with E-state index >= 15 is 0 Å². The van der Waals surface area contributed by atoms with Gasteiger partial charge in [-0.3, -0.25) is 4.57 Å². The fourth-order valence-corrected chi connectivity index (χ4v) is 5.46. The lowest BCUT2D eigenvalue weighted by Crippen LogP contribution is -2.37. The summed E-state index contributed by atoms with van der Waals surface area (Å²) in [5.74, 6) is -0.0317. The van der Waals surface area contributed by atoms with E-state index in [1.165, 1.54) is 18.2 Å². The summed E-state index contributed by atoms with van der Waals surface area (Å²) in [7, 11) is 0. The van der Waals surface area contributed by atoms with Crippen LogP contribution in [0, 0.1) is 11.6 Å². The van der Waals surface area contributed by atoms with Crippen molar-refractivity contribution in [3.05, 3.63) is 71.0 Å². The second-order valence-corrected chi connectivity index (χ2v) is 9.48. The van der Waals surface area contributed by atoms with Crippen LogP contribution in [0.5, 0.6) is 0 Å². The van der Waals surface area contributed by atoms with Crippen LogP contribution in [0.3, 0.4) is 0 Å². The molecule has 5 rings (SSSR count). The molecule has 1 fully saturated rings. The number of hydrogen-bond donors (Lipinski definition) is 2. The number of nitrogens with one attached hydrogen (secondary N) is 2. The number of rotatable bonds is 5. The molecule has 0 unspecified atom stereocenters. The Hall–Kier alpha value is -2.66. The van der Waals surface area contributed by atoms with Crippen molar-refractivity contribution < 1.29 is 13.5 Å². The number of halogens is 3. The van der Waals surface area contributed by atoms with Gasteiger partial charge in [0.2, 0.25) is 5.95 Å². The van der Waals surface area contributed by atoms with Crippen LogP contribution in [0.25, 0.3) is 4.08 Å². The lowest BCUT2D eigenvalue weighted by atomic mass is 10.1. The van der Waals surface area contributed by atoms with E-state index in [4.69, 9.17) is 14.7 Å². The maximum Gasteiger partial charge on any atom is 0.210 e. The van der Waals surface area contributed by atoms with Gasteiger partial charge in [-0.15, -0.1) is 0 Å². The van der Waals surface area contributed by atoms with Gasteiger partial charge in [-0.2, -0.15) is 0 Å². The molecule has 3 heterocycles. The Labute approximate surface area is 187 Å². The van der Waals surface area contributed by atoms with E-state index < -0.39 is 20.7 Å². The maximum atomic E-state index is 14.3. The topological polar surface area (TPSA) is 63.5 Å². The normalized spacial score (nSPS) is 16.3. The van der Waals surface area contributed by atoms with Crippen molar-refractivity contribution in [2.75, 3.05) is 23.8 Å². The van der Waals surface area contributed by atoms with E-state index in [0.717, 1.165) is 33.1 Å². The molecule has 1 saturated heterocycles. The van der Waals surface area contributed by atoms with E-state index in [2.05, 4.69) is 19.3 Å². The number of aromatic nitrogens is 2. The minimum Gasteiger partial charge on any atom is -0.381 e. The zero-order valence-electron chi connectivity index (χ0n) is 16.5. The highest BCUT2D eigenvalue weighted by Gasteiger charge is 2.23. The first-order chi connectivity index (χ1) is 15.2. The number of nitrogens with zero attached hydrogens (tertiary/aromatic N) is 3. The van der Waals surface area contributed by atoms with Crippen molar-refractivity contribution in [3.8, 4) is 0 Å². The van der Waals surface area contributed by atoms with Gasteiger partial charge in [-0.05, 0) is 70.0 Å². The van der Waals surface area contributed by atoms with Crippen LogP contribution in [-0.4, -0.2) is 26.5 Å². The van der Waals surface area contributed by atoms with Gasteiger partial charge in [-0.25, -0.2) is 18.8 Å². The molecule has 0 radical (unpaired) electrons. The van der Waals surface area contributed by atoms with Crippen LogP contribution in [0.1, 0.15) is 18.9 Å². The first kappa shape index (κ1) is 20.3. The second-order valence-electron chi connectivity index (χ2n) is 7.22. The molecule has 2 aliphatic heterocycles. The molecule has 1 aromatic heterocycles. The smallest absolute Gasteiger partial charge is 0.210 e. The fraction of sp³-hybridized carbons (Fsp3) is 0.227. The molecule has 2 N–H and O–H groups in total. The van der Waals surface area contributed by atoms with Crippen LogP contribution in [-0.2, 0) is 4.74 Å². The Morgan fingerprint density at radius 2 is 1.77 bits per heavy atom. The van der Waals surface area contributed by atoms with Gasteiger partial charge in [0.05, 0.1) is 5.69 Å². The molecule has 0 spiro atoms. The second kappa shape index (κ2) is 8.83. The van der Waals surface area contributed by atoms with Crippen molar-refractivity contribution in [1.29, 1.82) is 0 Å². The predicted molar refractivity (Wildman–Crippen MR) is 125 cm³/mol. The molecule has 2 aromatic carbocycles. The van der Waals surface area contributed by atoms with E-state index in [0.29, 0.717) is 24.8 Å². The third-order valence-corrected chi connectivity index (χ3v) is 7.15. The number of para-hydroxylation sites is 1. The highest BCUT2D eigenvalue weighted by atomic mass is 127. The van der Waals surface area contributed by atoms with Gasteiger partial charge in [0.1, 0.15) is 17.0 Å². The molecule has 6 nitrogen and oxygen atoms in total. The van der Waals surface area contributed by atoms with Crippen LogP contribution < -0.4 is 21.5 Å². The molecule has 0 amide bonds. The summed E-state index contributed by atoms with van der Waals surface area (Å²) in [6.45, 7) is 1.33. The Kier molecular flexibility index (Phi) is 5.77. The van der Waals surface area contributed by atoms with E-state index in [9.17, 15) is 8.78 Å². The number of fused-ring (bicyclic) bond motifs is 1. The van der Waals surface area contributed by atoms with Crippen LogP contribution in [0.2, 0.25) is 0 Å². The zero-order chi connectivity index (χ0) is 21.2. The maximum absolute atomic E-state index is 14.3. The fourth-order valence-electron chi connectivity index (χ4n) is 3.61. The van der Waals surface area contributed by atoms with Crippen molar-refractivity contribution in [1.82, 2.24) is 9.55 Å². The number of hydrogen-bond acceptors (Lipinski definition) is 5. The average molecular weight is 535 g/mol. The van der Waals surface area contributed by atoms with Crippen molar-refractivity contribution in [2.24, 2.45) is 4.99 Å². The molecule has 0 bridgehead atoms. The van der Waals surface area contributed by atoms with Crippen molar-refractivity contribution in [2.45, 2.75) is 18.9 Å². The number of benzene rings is 2. The summed E-state index contributed by atoms with van der Waals surface area (Å²) in [4.78, 5) is 9.63. The van der Waals surface area contributed by atoms with E-state index in [1.54, 1.807) is 30.3 Å². The molecule has 0 atom stereocenters. The Bertz CT molecular complexity index is 1250. The Balaban J connectivity index is 1.54. The van der Waals surface area contributed by atoms with Gasteiger partial charge in [0.25, 0.3) is 0 Å². The molecule has 2 aliphatic rings. The number of anilines is 3. The highest BCUT2D eigenvalue weighted by molar-refractivity contribution is 14.2. The SMILES string of the molecule is Fc1ccc(NC2=IC=c3nc(Nc4ccccc4F)n(C4CCOCC4)c3=N2)cc1. The van der Waals surface area contributed by atoms with Crippen LogP contribution >= 0.6 is 20.7 Å². The summed E-state index contributed by atoms with van der Waals surface area (Å²) in [6, 6.07) is 12.9. The van der Waals surface area contributed by atoms with Crippen molar-refractivity contribution >= 4 is 45.9 Å². The van der Waals surface area contributed by atoms with E-state index in [-0.39, 0.29) is 17.7 Å². The van der Waals surface area contributed by atoms with Crippen LogP contribution in [0.4, 0.5) is 26.1 Å². The Morgan fingerprint density at radius 1 is 1.00 bits per heavy atom. The monoisotopic (exact) mass is 535 g/mol. The Morgan fingerprint density at radius 3 is 2.55 bits per heavy atom. The summed E-state index contributed by atoms with van der Waals surface area (Å²) in [6.07, 6.45) is 1.67. The third-order valence-electron chi connectivity index (χ3n) is 5.15. The third kappa shape index (κ3) is 4.38. The van der Waals surface area contributed by atoms with E-state index in [1.807, 2.05) is 0 Å². The predicted octanol–water partition coefficient (Wildman–Crippen LogP) is 3.80. The summed E-state index contributed by atoms with van der Waals surface area (Å²) >= 11 is -0.541. The first-order valence-corrected chi connectivity index (χ1v) is 12.3. The van der Waals surface area contributed by atoms with Gasteiger partial charge >= 0.3 is 0 Å². The van der Waals surface area contributed by atoms with Gasteiger partial charge in [0.15, 0.2) is 9.24 Å². The molecule has 9 heteroatoms. The van der Waals surface area contributed by atoms with Gasteiger partial charge in [0, 0.05) is 29.0 Å². The quantitative estimate of drug-likeness (QED) is 0.489. The largest absolute Gasteiger partial charge is 0.381 e. The number of imidazole rings is 1. The van der Waals surface area contributed by atoms with Gasteiger partial charge in [-0.1, -0.05) is 12.1 Å². The molecular weight excluding hydrogens is 515 g/mol. The highest BCUT2D eigenvalue weighted by Crippen LogP contribution is 2.25. The first-order valence-electron chi connectivity index (χ1n) is 9.97. The van der Waals surface area contributed by atoms with Crippen molar-refractivity contribution in [3.63, 3.8) is 0 Å². The number of ether oxygens (including phenoxy) is 1. The molecule has 160 valence electrons. The summed E-state index contributed by atoms with van der Waals surface area (Å²) < 4.78 is 38.1. The molecule has 0 saturated carbocycles. The minimum absolute atomic E-state index is 0.153. The molecule has 31 heavy (non-hydrogen) atoms. The van der Waals surface area contributed by atoms with Crippen LogP contribution in [0.15, 0.2) is 53.5 Å². The lowest BCUT2D eigenvalue weighted by molar-refractivity contribution is 0.0692.